The van der Waals surface area contributed by atoms with Gasteiger partial charge in [0.1, 0.15) is 5.82 Å². The van der Waals surface area contributed by atoms with E-state index in [1.807, 2.05) is 0 Å². The molecule has 0 aromatic carbocycles. The zero-order valence-electron chi connectivity index (χ0n) is 7.93. The van der Waals surface area contributed by atoms with Crippen molar-refractivity contribution in [1.29, 1.82) is 0 Å². The molecule has 1 rings (SSSR count). The second-order valence-corrected chi connectivity index (χ2v) is 4.05. The Morgan fingerprint density at radius 3 is 2.86 bits per heavy atom. The van der Waals surface area contributed by atoms with Crippen LogP contribution in [0.25, 0.3) is 0 Å². The first-order valence-corrected chi connectivity index (χ1v) is 5.14. The second kappa shape index (κ2) is 5.39. The number of hydrogen-bond acceptors (Lipinski definition) is 3. The van der Waals surface area contributed by atoms with Crippen LogP contribution in [0.1, 0.15) is 6.92 Å². The number of rotatable bonds is 4. The Bertz CT molecular complexity index is 304. The van der Waals surface area contributed by atoms with E-state index in [1.165, 1.54) is 0 Å². The van der Waals surface area contributed by atoms with E-state index in [2.05, 4.69) is 17.2 Å². The summed E-state index contributed by atoms with van der Waals surface area (Å²) < 4.78 is 0. The van der Waals surface area contributed by atoms with Crippen molar-refractivity contribution >= 4 is 29.0 Å². The third-order valence-electron chi connectivity index (χ3n) is 1.83. The summed E-state index contributed by atoms with van der Waals surface area (Å²) in [4.78, 5) is 4.07. The van der Waals surface area contributed by atoms with Gasteiger partial charge in [-0.15, -0.1) is 0 Å². The Morgan fingerprint density at radius 1 is 1.57 bits per heavy atom. The maximum absolute atomic E-state index is 5.92. The van der Waals surface area contributed by atoms with Crippen molar-refractivity contribution < 1.29 is 0 Å². The summed E-state index contributed by atoms with van der Waals surface area (Å²) in [6, 6.07) is 1.66. The van der Waals surface area contributed by atoms with Gasteiger partial charge in [0.2, 0.25) is 0 Å². The van der Waals surface area contributed by atoms with Crippen molar-refractivity contribution in [2.45, 2.75) is 6.92 Å². The number of anilines is 1. The Kier molecular flexibility index (Phi) is 4.45. The highest BCUT2D eigenvalue weighted by Gasteiger charge is 2.04. The van der Waals surface area contributed by atoms with Crippen LogP contribution in [0.4, 0.5) is 5.82 Å². The highest BCUT2D eigenvalue weighted by molar-refractivity contribution is 6.35. The maximum Gasteiger partial charge on any atom is 0.144 e. The van der Waals surface area contributed by atoms with Gasteiger partial charge in [0.05, 0.1) is 10.0 Å². The number of aromatic nitrogens is 1. The van der Waals surface area contributed by atoms with Crippen molar-refractivity contribution in [2.24, 2.45) is 11.7 Å². The van der Waals surface area contributed by atoms with Crippen LogP contribution in [0.5, 0.6) is 0 Å². The van der Waals surface area contributed by atoms with Crippen LogP contribution in [0.3, 0.4) is 0 Å². The highest BCUT2D eigenvalue weighted by Crippen LogP contribution is 2.22. The van der Waals surface area contributed by atoms with Crippen molar-refractivity contribution in [1.82, 2.24) is 4.98 Å². The number of nitrogens with one attached hydrogen (secondary N) is 1. The number of hydrogen-bond donors (Lipinski definition) is 2. The van der Waals surface area contributed by atoms with Gasteiger partial charge in [0.25, 0.3) is 0 Å². The molecule has 0 fully saturated rings. The molecule has 3 nitrogen and oxygen atoms in total. The molecule has 0 bridgehead atoms. The molecule has 0 aliphatic heterocycles. The van der Waals surface area contributed by atoms with E-state index in [9.17, 15) is 0 Å². The van der Waals surface area contributed by atoms with Crippen LogP contribution in [0.15, 0.2) is 12.3 Å². The average molecular weight is 234 g/mol. The third-order valence-corrected chi connectivity index (χ3v) is 2.32. The first-order valence-electron chi connectivity index (χ1n) is 4.38. The zero-order valence-corrected chi connectivity index (χ0v) is 9.44. The summed E-state index contributed by atoms with van der Waals surface area (Å²) in [5.41, 5.74) is 5.48. The molecule has 0 spiro atoms. The fourth-order valence-electron chi connectivity index (χ4n) is 0.899. The normalized spacial score (nSPS) is 12.6. The number of nitrogens with zero attached hydrogens (tertiary/aromatic N) is 1. The molecule has 0 saturated carbocycles. The molecule has 78 valence electrons. The number of nitrogens with two attached hydrogens (primary N) is 1. The molecule has 1 aromatic rings. The fraction of sp³-hybridized carbons (Fsp3) is 0.444. The van der Waals surface area contributed by atoms with Crippen LogP contribution in [-0.2, 0) is 0 Å². The van der Waals surface area contributed by atoms with E-state index in [1.54, 1.807) is 12.3 Å². The van der Waals surface area contributed by atoms with Gasteiger partial charge in [-0.05, 0) is 18.5 Å². The molecular weight excluding hydrogens is 221 g/mol. The Morgan fingerprint density at radius 2 is 2.29 bits per heavy atom. The summed E-state index contributed by atoms with van der Waals surface area (Å²) in [5, 5.41) is 4.17. The summed E-state index contributed by atoms with van der Waals surface area (Å²) in [6.07, 6.45) is 1.56. The standard InChI is InChI=1S/C9H13Cl2N3/c1-6(3-12)4-13-9-8(11)2-7(10)5-14-9/h2,5-6H,3-4,12H2,1H3,(H,13,14). The summed E-state index contributed by atoms with van der Waals surface area (Å²) >= 11 is 11.6. The Hall–Kier alpha value is -0.510. The molecule has 14 heavy (non-hydrogen) atoms. The minimum absolute atomic E-state index is 0.392. The quantitative estimate of drug-likeness (QED) is 0.840. The number of halogens is 2. The molecule has 0 aliphatic carbocycles. The zero-order chi connectivity index (χ0) is 10.6. The second-order valence-electron chi connectivity index (χ2n) is 3.21. The van der Waals surface area contributed by atoms with E-state index in [0.717, 1.165) is 6.54 Å². The Balaban J connectivity index is 2.59. The molecule has 1 unspecified atom stereocenters. The van der Waals surface area contributed by atoms with Crippen molar-refractivity contribution in [2.75, 3.05) is 18.4 Å². The van der Waals surface area contributed by atoms with Gasteiger partial charge in [-0.3, -0.25) is 0 Å². The summed E-state index contributed by atoms with van der Waals surface area (Å²) in [5.74, 6) is 1.04. The van der Waals surface area contributed by atoms with E-state index in [4.69, 9.17) is 28.9 Å². The van der Waals surface area contributed by atoms with E-state index in [-0.39, 0.29) is 0 Å². The molecular formula is C9H13Cl2N3. The number of pyridine rings is 1. The smallest absolute Gasteiger partial charge is 0.144 e. The van der Waals surface area contributed by atoms with E-state index in [0.29, 0.717) is 28.3 Å². The predicted octanol–water partition coefficient (Wildman–Crippen LogP) is 2.40. The highest BCUT2D eigenvalue weighted by atomic mass is 35.5. The van der Waals surface area contributed by atoms with Crippen molar-refractivity contribution in [3.8, 4) is 0 Å². The first-order chi connectivity index (χ1) is 6.63. The lowest BCUT2D eigenvalue weighted by molar-refractivity contribution is 0.627. The Labute approximate surface area is 93.6 Å². The molecule has 1 heterocycles. The first kappa shape index (κ1) is 11.6. The van der Waals surface area contributed by atoms with Gasteiger partial charge < -0.3 is 11.1 Å². The van der Waals surface area contributed by atoms with Gasteiger partial charge in [-0.1, -0.05) is 30.1 Å². The topological polar surface area (TPSA) is 50.9 Å². The largest absolute Gasteiger partial charge is 0.369 e. The van der Waals surface area contributed by atoms with Crippen LogP contribution in [0.2, 0.25) is 10.0 Å². The predicted molar refractivity (Wildman–Crippen MR) is 61.0 cm³/mol. The molecule has 0 radical (unpaired) electrons. The lowest BCUT2D eigenvalue weighted by atomic mass is 10.2. The molecule has 0 saturated heterocycles. The molecule has 5 heteroatoms. The van der Waals surface area contributed by atoms with E-state index < -0.39 is 0 Å². The van der Waals surface area contributed by atoms with Gasteiger partial charge in [-0.2, -0.15) is 0 Å². The monoisotopic (exact) mass is 233 g/mol. The summed E-state index contributed by atoms with van der Waals surface area (Å²) in [7, 11) is 0. The lowest BCUT2D eigenvalue weighted by Gasteiger charge is -2.11. The molecule has 1 aromatic heterocycles. The molecule has 0 amide bonds. The minimum atomic E-state index is 0.392. The van der Waals surface area contributed by atoms with Crippen LogP contribution < -0.4 is 11.1 Å². The van der Waals surface area contributed by atoms with Gasteiger partial charge in [-0.25, -0.2) is 4.98 Å². The molecule has 3 N–H and O–H groups in total. The summed E-state index contributed by atoms with van der Waals surface area (Å²) in [6.45, 7) is 3.44. The van der Waals surface area contributed by atoms with Crippen molar-refractivity contribution in [3.63, 3.8) is 0 Å². The van der Waals surface area contributed by atoms with Crippen molar-refractivity contribution in [3.05, 3.63) is 22.3 Å². The van der Waals surface area contributed by atoms with Gasteiger partial charge >= 0.3 is 0 Å². The minimum Gasteiger partial charge on any atom is -0.369 e. The lowest BCUT2D eigenvalue weighted by Crippen LogP contribution is -2.20. The van der Waals surface area contributed by atoms with E-state index >= 15 is 0 Å². The molecule has 0 aliphatic rings. The maximum atomic E-state index is 5.92. The van der Waals surface area contributed by atoms with Crippen LogP contribution >= 0.6 is 23.2 Å². The van der Waals surface area contributed by atoms with Gasteiger partial charge in [0, 0.05) is 12.7 Å². The molecule has 1 atom stereocenters. The third kappa shape index (κ3) is 3.33. The SMILES string of the molecule is CC(CN)CNc1ncc(Cl)cc1Cl. The van der Waals surface area contributed by atoms with Crippen LogP contribution in [-0.4, -0.2) is 18.1 Å². The average Bonchev–Trinajstić information content (AvgIpc) is 2.16. The fourth-order valence-corrected chi connectivity index (χ4v) is 1.35. The van der Waals surface area contributed by atoms with Gasteiger partial charge in [0.15, 0.2) is 0 Å². The van der Waals surface area contributed by atoms with Crippen LogP contribution in [0, 0.1) is 5.92 Å².